The van der Waals surface area contributed by atoms with Crippen molar-refractivity contribution < 1.29 is 9.59 Å². The van der Waals surface area contributed by atoms with Gasteiger partial charge in [0.2, 0.25) is 5.91 Å². The fourth-order valence-electron chi connectivity index (χ4n) is 4.58. The van der Waals surface area contributed by atoms with Crippen molar-refractivity contribution in [3.05, 3.63) is 22.4 Å². The van der Waals surface area contributed by atoms with Crippen molar-refractivity contribution in [2.75, 3.05) is 39.3 Å². The Morgan fingerprint density at radius 1 is 1.07 bits per heavy atom. The lowest BCUT2D eigenvalue weighted by Gasteiger charge is -2.42. The average Bonchev–Trinajstić information content (AvgIpc) is 3.34. The smallest absolute Gasteiger partial charge is 0.254 e. The lowest BCUT2D eigenvalue weighted by Crippen LogP contribution is -2.55. The molecule has 4 rings (SSSR count). The zero-order valence-corrected chi connectivity index (χ0v) is 17.0. The summed E-state index contributed by atoms with van der Waals surface area (Å²) in [5, 5.41) is 3.88. The van der Waals surface area contributed by atoms with Crippen LogP contribution in [0.3, 0.4) is 0 Å². The van der Waals surface area contributed by atoms with Crippen LogP contribution >= 0.6 is 11.3 Å². The van der Waals surface area contributed by atoms with Crippen LogP contribution in [0.2, 0.25) is 0 Å². The van der Waals surface area contributed by atoms with E-state index in [0.717, 1.165) is 50.9 Å². The third kappa shape index (κ3) is 4.37. The van der Waals surface area contributed by atoms with Gasteiger partial charge in [-0.05, 0) is 63.1 Å². The Labute approximate surface area is 166 Å². The van der Waals surface area contributed by atoms with Crippen LogP contribution in [0, 0.1) is 5.92 Å². The number of nitrogens with zero attached hydrogens (tertiary/aromatic N) is 3. The van der Waals surface area contributed by atoms with Crippen LogP contribution in [0.4, 0.5) is 0 Å². The van der Waals surface area contributed by atoms with Gasteiger partial charge in [-0.25, -0.2) is 0 Å². The molecule has 3 aliphatic rings. The minimum Gasteiger partial charge on any atom is -0.337 e. The summed E-state index contributed by atoms with van der Waals surface area (Å²) in [6, 6.07) is 2.08. The molecule has 27 heavy (non-hydrogen) atoms. The van der Waals surface area contributed by atoms with E-state index >= 15 is 0 Å². The van der Waals surface area contributed by atoms with Crippen LogP contribution in [-0.2, 0) is 4.79 Å². The van der Waals surface area contributed by atoms with Gasteiger partial charge in [0, 0.05) is 43.5 Å². The van der Waals surface area contributed by atoms with Crippen molar-refractivity contribution in [3.63, 3.8) is 0 Å². The molecule has 1 aliphatic carbocycles. The maximum Gasteiger partial charge on any atom is 0.254 e. The second-order valence-electron chi connectivity index (χ2n) is 8.27. The van der Waals surface area contributed by atoms with E-state index in [1.807, 2.05) is 21.7 Å². The summed E-state index contributed by atoms with van der Waals surface area (Å²) < 4.78 is 0. The Balaban J connectivity index is 1.42. The minimum absolute atomic E-state index is 0.122. The predicted molar refractivity (Wildman–Crippen MR) is 108 cm³/mol. The fraction of sp³-hybridized carbons (Fsp3) is 0.714. The fourth-order valence-corrected chi connectivity index (χ4v) is 5.21. The number of piperidine rings is 1. The average molecular weight is 390 g/mol. The van der Waals surface area contributed by atoms with Crippen LogP contribution in [0.25, 0.3) is 0 Å². The van der Waals surface area contributed by atoms with Crippen LogP contribution < -0.4 is 0 Å². The molecule has 0 radical (unpaired) electrons. The first-order valence-corrected chi connectivity index (χ1v) is 11.5. The van der Waals surface area contributed by atoms with E-state index in [1.165, 1.54) is 32.4 Å². The van der Waals surface area contributed by atoms with E-state index in [2.05, 4.69) is 9.80 Å². The second-order valence-corrected chi connectivity index (χ2v) is 9.05. The lowest BCUT2D eigenvalue weighted by atomic mass is 9.83. The number of hydrogen-bond donors (Lipinski definition) is 0. The first kappa shape index (κ1) is 18.9. The zero-order chi connectivity index (χ0) is 18.6. The highest BCUT2D eigenvalue weighted by atomic mass is 32.1. The molecule has 1 atom stereocenters. The van der Waals surface area contributed by atoms with Crippen molar-refractivity contribution in [2.24, 2.45) is 5.92 Å². The highest BCUT2D eigenvalue weighted by molar-refractivity contribution is 7.08. The molecule has 6 heteroatoms. The van der Waals surface area contributed by atoms with Gasteiger partial charge in [-0.3, -0.25) is 9.59 Å². The second kappa shape index (κ2) is 8.74. The van der Waals surface area contributed by atoms with Gasteiger partial charge in [-0.1, -0.05) is 6.42 Å². The van der Waals surface area contributed by atoms with Crippen molar-refractivity contribution in [1.82, 2.24) is 14.7 Å². The van der Waals surface area contributed by atoms with Gasteiger partial charge in [0.25, 0.3) is 5.91 Å². The quantitative estimate of drug-likeness (QED) is 0.751. The molecule has 148 valence electrons. The third-order valence-corrected chi connectivity index (χ3v) is 7.17. The first-order valence-electron chi connectivity index (χ1n) is 10.6. The van der Waals surface area contributed by atoms with Gasteiger partial charge < -0.3 is 14.7 Å². The predicted octanol–water partition coefficient (Wildman–Crippen LogP) is 3.08. The van der Waals surface area contributed by atoms with E-state index < -0.39 is 0 Å². The van der Waals surface area contributed by atoms with Gasteiger partial charge in [0.05, 0.1) is 5.56 Å². The Morgan fingerprint density at radius 2 is 1.89 bits per heavy atom. The molecule has 0 aromatic carbocycles. The SMILES string of the molecule is O=C(c1ccsc1)N1CCC[C@H](N(CCN2CCCC2)C(=O)C2CCC2)C1. The van der Waals surface area contributed by atoms with E-state index in [-0.39, 0.29) is 17.9 Å². The molecule has 0 bridgehead atoms. The number of amides is 2. The molecule has 2 amide bonds. The summed E-state index contributed by atoms with van der Waals surface area (Å²) in [4.78, 5) is 32.5. The molecular weight excluding hydrogens is 358 g/mol. The molecule has 0 unspecified atom stereocenters. The summed E-state index contributed by atoms with van der Waals surface area (Å²) in [7, 11) is 0. The van der Waals surface area contributed by atoms with Crippen molar-refractivity contribution in [3.8, 4) is 0 Å². The standard InChI is InChI=1S/C21H31N3O2S/c25-20(18-8-14-27-16-18)23-11-4-7-19(15-23)24(21(26)17-5-3-6-17)13-12-22-9-1-2-10-22/h8,14,16-17,19H,1-7,9-13,15H2/t19-/m0/s1. The number of hydrogen-bond acceptors (Lipinski definition) is 4. The molecule has 1 aromatic rings. The van der Waals surface area contributed by atoms with E-state index in [9.17, 15) is 9.59 Å². The van der Waals surface area contributed by atoms with E-state index in [1.54, 1.807) is 11.3 Å². The van der Waals surface area contributed by atoms with Crippen LogP contribution in [0.15, 0.2) is 16.8 Å². The van der Waals surface area contributed by atoms with Crippen LogP contribution in [-0.4, -0.2) is 71.8 Å². The van der Waals surface area contributed by atoms with E-state index in [4.69, 9.17) is 0 Å². The monoisotopic (exact) mass is 389 g/mol. The van der Waals surface area contributed by atoms with Gasteiger partial charge in [0.15, 0.2) is 0 Å². The molecule has 0 N–H and O–H groups in total. The summed E-state index contributed by atoms with van der Waals surface area (Å²) in [6.45, 7) is 5.63. The summed E-state index contributed by atoms with van der Waals surface area (Å²) >= 11 is 1.56. The van der Waals surface area contributed by atoms with Crippen LogP contribution in [0.5, 0.6) is 0 Å². The lowest BCUT2D eigenvalue weighted by molar-refractivity contribution is -0.141. The Kier molecular flexibility index (Phi) is 6.13. The normalized spacial score (nSPS) is 24.0. The third-order valence-electron chi connectivity index (χ3n) is 6.49. The van der Waals surface area contributed by atoms with Crippen molar-refractivity contribution in [1.29, 1.82) is 0 Å². The number of carbonyl (C=O) groups excluding carboxylic acids is 2. The highest BCUT2D eigenvalue weighted by Crippen LogP contribution is 2.30. The minimum atomic E-state index is 0.122. The first-order chi connectivity index (χ1) is 13.2. The van der Waals surface area contributed by atoms with Crippen molar-refractivity contribution >= 4 is 23.2 Å². The van der Waals surface area contributed by atoms with Gasteiger partial charge in [0.1, 0.15) is 0 Å². The molecule has 3 fully saturated rings. The molecular formula is C21H31N3O2S. The number of thiophene rings is 1. The molecule has 2 saturated heterocycles. The summed E-state index contributed by atoms with van der Waals surface area (Å²) in [6.07, 6.45) is 7.84. The molecule has 3 heterocycles. The van der Waals surface area contributed by atoms with E-state index in [0.29, 0.717) is 12.5 Å². The number of likely N-dealkylation sites (tertiary alicyclic amines) is 2. The Bertz CT molecular complexity index is 638. The molecule has 5 nitrogen and oxygen atoms in total. The maximum atomic E-state index is 13.1. The molecule has 1 saturated carbocycles. The zero-order valence-electron chi connectivity index (χ0n) is 16.1. The van der Waals surface area contributed by atoms with Gasteiger partial charge in [-0.2, -0.15) is 11.3 Å². The summed E-state index contributed by atoms with van der Waals surface area (Å²) in [5.74, 6) is 0.693. The largest absolute Gasteiger partial charge is 0.337 e. The number of carbonyl (C=O) groups is 2. The molecule has 2 aliphatic heterocycles. The van der Waals surface area contributed by atoms with Gasteiger partial charge in [-0.15, -0.1) is 0 Å². The highest BCUT2D eigenvalue weighted by Gasteiger charge is 2.36. The van der Waals surface area contributed by atoms with Crippen molar-refractivity contribution in [2.45, 2.75) is 51.0 Å². The molecule has 1 aromatic heterocycles. The Hall–Kier alpha value is -1.40. The molecule has 0 spiro atoms. The van der Waals surface area contributed by atoms with Gasteiger partial charge >= 0.3 is 0 Å². The topological polar surface area (TPSA) is 43.9 Å². The number of rotatable bonds is 6. The Morgan fingerprint density at radius 3 is 2.56 bits per heavy atom. The summed E-state index contributed by atoms with van der Waals surface area (Å²) in [5.41, 5.74) is 0.787. The van der Waals surface area contributed by atoms with Crippen LogP contribution in [0.1, 0.15) is 55.3 Å². The maximum absolute atomic E-state index is 13.1.